The maximum Gasteiger partial charge on any atom is 0.271 e. The fourth-order valence-electron chi connectivity index (χ4n) is 2.10. The molecule has 0 fully saturated rings. The van der Waals surface area contributed by atoms with Crippen molar-refractivity contribution in [2.45, 2.75) is 13.3 Å². The summed E-state index contributed by atoms with van der Waals surface area (Å²) in [4.78, 5) is 11.5. The van der Waals surface area contributed by atoms with Crippen LogP contribution in [0.25, 0.3) is 5.82 Å². The molecule has 0 atom stereocenters. The summed E-state index contributed by atoms with van der Waals surface area (Å²) >= 11 is 0. The molecule has 7 nitrogen and oxygen atoms in total. The van der Waals surface area contributed by atoms with Gasteiger partial charge in [-0.15, -0.1) is 0 Å². The van der Waals surface area contributed by atoms with Crippen LogP contribution in [-0.2, 0) is 13.5 Å². The monoisotopic (exact) mass is 262 g/mol. The highest BCUT2D eigenvalue weighted by Gasteiger charge is 2.16. The Morgan fingerprint density at radius 1 is 1.47 bits per heavy atom. The molecule has 2 rings (SSSR count). The van der Waals surface area contributed by atoms with E-state index >= 15 is 0 Å². The molecule has 0 saturated heterocycles. The summed E-state index contributed by atoms with van der Waals surface area (Å²) < 4.78 is 3.41. The van der Waals surface area contributed by atoms with E-state index in [1.165, 1.54) is 0 Å². The van der Waals surface area contributed by atoms with Crippen molar-refractivity contribution >= 4 is 5.91 Å². The van der Waals surface area contributed by atoms with E-state index in [9.17, 15) is 4.79 Å². The van der Waals surface area contributed by atoms with Gasteiger partial charge in [-0.3, -0.25) is 9.48 Å². The highest BCUT2D eigenvalue weighted by molar-refractivity contribution is 5.91. The van der Waals surface area contributed by atoms with E-state index < -0.39 is 0 Å². The van der Waals surface area contributed by atoms with Gasteiger partial charge in [-0.1, -0.05) is 0 Å². The number of nitrogens with two attached hydrogens (primary N) is 1. The van der Waals surface area contributed by atoms with Gasteiger partial charge in [-0.25, -0.2) is 4.68 Å². The van der Waals surface area contributed by atoms with Gasteiger partial charge in [0.2, 0.25) is 0 Å². The lowest BCUT2D eigenvalue weighted by Gasteiger charge is -2.05. The minimum atomic E-state index is -0.210. The number of hydrogen-bond donors (Lipinski definition) is 2. The van der Waals surface area contributed by atoms with Gasteiger partial charge in [0.1, 0.15) is 0 Å². The van der Waals surface area contributed by atoms with Gasteiger partial charge in [-0.2, -0.15) is 10.2 Å². The second-order valence-electron chi connectivity index (χ2n) is 4.27. The van der Waals surface area contributed by atoms with E-state index in [-0.39, 0.29) is 5.91 Å². The molecule has 0 aromatic carbocycles. The zero-order valence-corrected chi connectivity index (χ0v) is 11.3. The number of nitrogens with zero attached hydrogens (tertiary/aromatic N) is 4. The molecule has 2 heterocycles. The predicted molar refractivity (Wildman–Crippen MR) is 71.2 cm³/mol. The van der Waals surface area contributed by atoms with Crippen LogP contribution in [0.4, 0.5) is 0 Å². The molecule has 3 N–H and O–H groups in total. The number of hydrogen-bond acceptors (Lipinski definition) is 4. The van der Waals surface area contributed by atoms with E-state index in [1.54, 1.807) is 28.7 Å². The topological polar surface area (TPSA) is 90.8 Å². The quantitative estimate of drug-likeness (QED) is 0.796. The number of aryl methyl sites for hydroxylation is 2. The molecular weight excluding hydrogens is 244 g/mol. The fourth-order valence-corrected chi connectivity index (χ4v) is 2.10. The molecule has 0 aliphatic rings. The molecule has 0 aliphatic heterocycles. The second kappa shape index (κ2) is 5.23. The Labute approximate surface area is 111 Å². The van der Waals surface area contributed by atoms with Crippen LogP contribution in [0.2, 0.25) is 0 Å². The van der Waals surface area contributed by atoms with E-state index in [0.29, 0.717) is 12.2 Å². The summed E-state index contributed by atoms with van der Waals surface area (Å²) in [5.41, 5.74) is 7.99. The van der Waals surface area contributed by atoms with E-state index in [2.05, 4.69) is 15.5 Å². The summed E-state index contributed by atoms with van der Waals surface area (Å²) in [5, 5.41) is 11.2. The number of rotatable bonds is 4. The summed E-state index contributed by atoms with van der Waals surface area (Å²) in [7, 11) is 3.43. The van der Waals surface area contributed by atoms with Crippen LogP contribution in [0, 0.1) is 6.92 Å². The Hall–Kier alpha value is -2.15. The Morgan fingerprint density at radius 3 is 2.84 bits per heavy atom. The lowest BCUT2D eigenvalue weighted by molar-refractivity contribution is 0.0957. The van der Waals surface area contributed by atoms with Crippen molar-refractivity contribution in [3.8, 4) is 5.82 Å². The van der Waals surface area contributed by atoms with Crippen LogP contribution in [-0.4, -0.2) is 39.1 Å². The number of nitrogens with one attached hydrogen (secondary N) is 1. The van der Waals surface area contributed by atoms with Crippen molar-refractivity contribution in [3.63, 3.8) is 0 Å². The van der Waals surface area contributed by atoms with Crippen molar-refractivity contribution in [2.75, 3.05) is 13.6 Å². The van der Waals surface area contributed by atoms with E-state index in [1.807, 2.05) is 14.0 Å². The fraction of sp³-hybridized carbons (Fsp3) is 0.417. The van der Waals surface area contributed by atoms with Gasteiger partial charge in [0.15, 0.2) is 11.5 Å². The summed E-state index contributed by atoms with van der Waals surface area (Å²) in [5.74, 6) is 0.635. The number of carbonyl (C=O) groups is 1. The predicted octanol–water partition coefficient (Wildman–Crippen LogP) is -0.225. The molecule has 102 valence electrons. The SMILES string of the molecule is CNC(=O)c1ccn(-c2c(CCN)c(C)nn2C)n1. The molecule has 0 saturated carbocycles. The molecule has 0 spiro atoms. The molecule has 0 aliphatic carbocycles. The van der Waals surface area contributed by atoms with Gasteiger partial charge < -0.3 is 11.1 Å². The number of aromatic nitrogens is 4. The average molecular weight is 262 g/mol. The first kappa shape index (κ1) is 13.3. The highest BCUT2D eigenvalue weighted by Crippen LogP contribution is 2.17. The van der Waals surface area contributed by atoms with E-state index in [4.69, 9.17) is 5.73 Å². The third-order valence-electron chi connectivity index (χ3n) is 2.97. The Balaban J connectivity index is 2.46. The number of amides is 1. The van der Waals surface area contributed by atoms with Gasteiger partial charge in [-0.05, 0) is 26.0 Å². The number of carbonyl (C=O) groups excluding carboxylic acids is 1. The highest BCUT2D eigenvalue weighted by atomic mass is 16.1. The second-order valence-corrected chi connectivity index (χ2v) is 4.27. The van der Waals surface area contributed by atoms with Crippen LogP contribution in [0.1, 0.15) is 21.7 Å². The van der Waals surface area contributed by atoms with Crippen molar-refractivity contribution in [1.82, 2.24) is 24.9 Å². The van der Waals surface area contributed by atoms with Crippen molar-refractivity contribution in [2.24, 2.45) is 12.8 Å². The van der Waals surface area contributed by atoms with Crippen LogP contribution >= 0.6 is 0 Å². The molecule has 1 amide bonds. The molecule has 2 aromatic heterocycles. The first-order valence-corrected chi connectivity index (χ1v) is 6.09. The minimum absolute atomic E-state index is 0.210. The van der Waals surface area contributed by atoms with Crippen molar-refractivity contribution in [1.29, 1.82) is 0 Å². The molecule has 0 unspecified atom stereocenters. The molecule has 7 heteroatoms. The van der Waals surface area contributed by atoms with Crippen molar-refractivity contribution < 1.29 is 4.79 Å². The van der Waals surface area contributed by atoms with Crippen molar-refractivity contribution in [3.05, 3.63) is 29.2 Å². The van der Waals surface area contributed by atoms with Gasteiger partial charge in [0.05, 0.1) is 5.69 Å². The van der Waals surface area contributed by atoms with Crippen LogP contribution in [0.15, 0.2) is 12.3 Å². The Kier molecular flexibility index (Phi) is 3.66. The molecule has 0 radical (unpaired) electrons. The zero-order chi connectivity index (χ0) is 14.0. The smallest absolute Gasteiger partial charge is 0.271 e. The lowest BCUT2D eigenvalue weighted by atomic mass is 10.2. The van der Waals surface area contributed by atoms with Gasteiger partial charge in [0.25, 0.3) is 5.91 Å². The van der Waals surface area contributed by atoms with Gasteiger partial charge in [0, 0.05) is 25.9 Å². The minimum Gasteiger partial charge on any atom is -0.354 e. The first-order valence-electron chi connectivity index (χ1n) is 6.09. The molecular formula is C12H18N6O. The molecule has 0 bridgehead atoms. The summed E-state index contributed by atoms with van der Waals surface area (Å²) in [6, 6.07) is 1.67. The van der Waals surface area contributed by atoms with Crippen LogP contribution in [0.5, 0.6) is 0 Å². The Bertz CT molecular complexity index is 597. The maximum atomic E-state index is 11.5. The normalized spacial score (nSPS) is 10.7. The molecule has 2 aromatic rings. The van der Waals surface area contributed by atoms with E-state index in [0.717, 1.165) is 23.5 Å². The maximum absolute atomic E-state index is 11.5. The zero-order valence-electron chi connectivity index (χ0n) is 11.3. The summed E-state index contributed by atoms with van der Waals surface area (Å²) in [6.45, 7) is 2.49. The molecule has 19 heavy (non-hydrogen) atoms. The third-order valence-corrected chi connectivity index (χ3v) is 2.97. The standard InChI is InChI=1S/C12H18N6O/c1-8-9(4-6-13)12(17(3)15-8)18-7-5-10(16-18)11(19)14-2/h5,7H,4,6,13H2,1-3H3,(H,14,19). The summed E-state index contributed by atoms with van der Waals surface area (Å²) in [6.07, 6.45) is 2.48. The van der Waals surface area contributed by atoms with Gasteiger partial charge >= 0.3 is 0 Å². The average Bonchev–Trinajstić information content (AvgIpc) is 2.95. The largest absolute Gasteiger partial charge is 0.354 e. The first-order chi connectivity index (χ1) is 9.08. The lowest BCUT2D eigenvalue weighted by Crippen LogP contribution is -2.19. The van der Waals surface area contributed by atoms with Crippen LogP contribution < -0.4 is 11.1 Å². The third kappa shape index (κ3) is 2.37. The Morgan fingerprint density at radius 2 is 2.21 bits per heavy atom. The van der Waals surface area contributed by atoms with Crippen LogP contribution in [0.3, 0.4) is 0 Å².